The molecule has 1 fully saturated rings. The predicted octanol–water partition coefficient (Wildman–Crippen LogP) is 3.11. The molecule has 3 rings (SSSR count). The van der Waals surface area contributed by atoms with Crippen molar-refractivity contribution >= 4 is 17.8 Å². The number of carboxylic acids is 1. The molecule has 1 saturated heterocycles. The fourth-order valence-electron chi connectivity index (χ4n) is 3.58. The average molecular weight is 540 g/mol. The molecule has 0 aromatic heterocycles. The van der Waals surface area contributed by atoms with Gasteiger partial charge in [0, 0.05) is 57.3 Å². The summed E-state index contributed by atoms with van der Waals surface area (Å²) in [6, 6.07) is 13.2. The van der Waals surface area contributed by atoms with E-state index in [2.05, 4.69) is 5.32 Å². The maximum absolute atomic E-state index is 13.4. The number of halogens is 3. The lowest BCUT2D eigenvalue weighted by atomic mass is 10.1. The van der Waals surface area contributed by atoms with Gasteiger partial charge < -0.3 is 29.7 Å². The van der Waals surface area contributed by atoms with Crippen LogP contribution in [0.5, 0.6) is 11.5 Å². The van der Waals surface area contributed by atoms with E-state index in [9.17, 15) is 22.8 Å². The molecule has 0 atom stereocenters. The first-order chi connectivity index (χ1) is 17.9. The van der Waals surface area contributed by atoms with Gasteiger partial charge in [0.25, 0.3) is 5.91 Å². The SMILES string of the molecule is COc1cc(OC)cc(C(=O)N(CCC(=O)N2CCNCC2)Cc2ccc(C)cc2)c1.O=C(O)C(F)(F)F. The second-order valence-electron chi connectivity index (χ2n) is 8.50. The van der Waals surface area contributed by atoms with E-state index in [1.165, 1.54) is 0 Å². The van der Waals surface area contributed by atoms with Crippen LogP contribution in [0.1, 0.15) is 27.9 Å². The van der Waals surface area contributed by atoms with Gasteiger partial charge in [-0.1, -0.05) is 29.8 Å². The number of carboxylic acid groups (broad SMARTS) is 1. The molecule has 0 aliphatic carbocycles. The first kappa shape index (κ1) is 30.4. The summed E-state index contributed by atoms with van der Waals surface area (Å²) >= 11 is 0. The molecule has 208 valence electrons. The van der Waals surface area contributed by atoms with Crippen molar-refractivity contribution in [2.75, 3.05) is 46.9 Å². The Bertz CT molecular complexity index is 1060. The number of nitrogens with zero attached hydrogens (tertiary/aromatic N) is 2. The van der Waals surface area contributed by atoms with Gasteiger partial charge in [-0.3, -0.25) is 9.59 Å². The van der Waals surface area contributed by atoms with Crippen LogP contribution in [-0.4, -0.2) is 85.8 Å². The van der Waals surface area contributed by atoms with Crippen molar-refractivity contribution in [2.24, 2.45) is 0 Å². The summed E-state index contributed by atoms with van der Waals surface area (Å²) in [6.07, 6.45) is -4.79. The number of ether oxygens (including phenoxy) is 2. The van der Waals surface area contributed by atoms with Crippen LogP contribution in [0.15, 0.2) is 42.5 Å². The number of hydrogen-bond acceptors (Lipinski definition) is 6. The quantitative estimate of drug-likeness (QED) is 0.531. The van der Waals surface area contributed by atoms with E-state index < -0.39 is 12.1 Å². The number of piperazine rings is 1. The first-order valence-electron chi connectivity index (χ1n) is 11.8. The third-order valence-corrected chi connectivity index (χ3v) is 5.69. The third kappa shape index (κ3) is 9.58. The molecule has 2 N–H and O–H groups in total. The average Bonchev–Trinajstić information content (AvgIpc) is 2.91. The number of alkyl halides is 3. The van der Waals surface area contributed by atoms with Crippen molar-refractivity contribution in [1.82, 2.24) is 15.1 Å². The lowest BCUT2D eigenvalue weighted by Crippen LogP contribution is -2.47. The minimum absolute atomic E-state index is 0.0754. The number of carbonyl (C=O) groups excluding carboxylic acids is 2. The van der Waals surface area contributed by atoms with Crippen LogP contribution >= 0.6 is 0 Å². The summed E-state index contributed by atoms with van der Waals surface area (Å²) in [6.45, 7) is 5.82. The number of nitrogens with one attached hydrogen (secondary N) is 1. The number of hydrogen-bond donors (Lipinski definition) is 2. The van der Waals surface area contributed by atoms with Crippen LogP contribution in [0.4, 0.5) is 13.2 Å². The summed E-state index contributed by atoms with van der Waals surface area (Å²) in [7, 11) is 3.11. The van der Waals surface area contributed by atoms with Crippen LogP contribution in [0.3, 0.4) is 0 Å². The fourth-order valence-corrected chi connectivity index (χ4v) is 3.58. The van der Waals surface area contributed by atoms with E-state index in [-0.39, 0.29) is 11.8 Å². The van der Waals surface area contributed by atoms with Gasteiger partial charge in [0.1, 0.15) is 11.5 Å². The number of rotatable bonds is 8. The monoisotopic (exact) mass is 539 g/mol. The molecule has 0 radical (unpaired) electrons. The predicted molar refractivity (Wildman–Crippen MR) is 133 cm³/mol. The zero-order valence-corrected chi connectivity index (χ0v) is 21.5. The number of aliphatic carboxylic acids is 1. The molecule has 2 amide bonds. The second-order valence-corrected chi connectivity index (χ2v) is 8.50. The van der Waals surface area contributed by atoms with Gasteiger partial charge in [-0.15, -0.1) is 0 Å². The highest BCUT2D eigenvalue weighted by Crippen LogP contribution is 2.24. The lowest BCUT2D eigenvalue weighted by Gasteiger charge is -2.29. The Balaban J connectivity index is 0.000000638. The molecule has 1 heterocycles. The molecule has 2 aromatic carbocycles. The van der Waals surface area contributed by atoms with E-state index in [1.807, 2.05) is 36.1 Å². The van der Waals surface area contributed by atoms with Crippen molar-refractivity contribution in [3.8, 4) is 11.5 Å². The number of amides is 2. The molecule has 12 heteroatoms. The standard InChI is InChI=1S/C24H31N3O4.C2HF3O2/c1-18-4-6-19(7-5-18)17-27(11-8-23(28)26-12-9-25-10-13-26)24(29)20-14-21(30-2)16-22(15-20)31-3;3-2(4,5)1(6)7/h4-7,14-16,25H,8-13,17H2,1-3H3;(H,6,7). The molecular weight excluding hydrogens is 507 g/mol. The zero-order chi connectivity index (χ0) is 28.3. The van der Waals surface area contributed by atoms with E-state index in [4.69, 9.17) is 19.4 Å². The summed E-state index contributed by atoms with van der Waals surface area (Å²) < 4.78 is 42.4. The Labute approximate surface area is 219 Å². The van der Waals surface area contributed by atoms with Gasteiger partial charge in [0.2, 0.25) is 5.91 Å². The Hall–Kier alpha value is -3.80. The molecular formula is C26H32F3N3O6. The maximum atomic E-state index is 13.4. The van der Waals surface area contributed by atoms with Crippen molar-refractivity contribution in [2.45, 2.75) is 26.1 Å². The lowest BCUT2D eigenvalue weighted by molar-refractivity contribution is -0.192. The highest BCUT2D eigenvalue weighted by Gasteiger charge is 2.38. The van der Waals surface area contributed by atoms with Crippen LogP contribution < -0.4 is 14.8 Å². The highest BCUT2D eigenvalue weighted by atomic mass is 19.4. The first-order valence-corrected chi connectivity index (χ1v) is 11.8. The number of aryl methyl sites for hydroxylation is 1. The van der Waals surface area contributed by atoms with Crippen LogP contribution in [0, 0.1) is 6.92 Å². The van der Waals surface area contributed by atoms with Gasteiger partial charge in [-0.2, -0.15) is 13.2 Å². The number of methoxy groups -OCH3 is 2. The molecule has 0 bridgehead atoms. The minimum Gasteiger partial charge on any atom is -0.497 e. The second kappa shape index (κ2) is 14.2. The van der Waals surface area contributed by atoms with Crippen LogP contribution in [0.25, 0.3) is 0 Å². The minimum atomic E-state index is -5.08. The normalized spacial score (nSPS) is 13.2. The Morgan fingerprint density at radius 2 is 1.53 bits per heavy atom. The van der Waals surface area contributed by atoms with E-state index >= 15 is 0 Å². The molecule has 1 aliphatic heterocycles. The molecule has 2 aromatic rings. The molecule has 9 nitrogen and oxygen atoms in total. The van der Waals surface area contributed by atoms with Crippen molar-refractivity contribution in [1.29, 1.82) is 0 Å². The van der Waals surface area contributed by atoms with Crippen molar-refractivity contribution in [3.05, 3.63) is 59.2 Å². The third-order valence-electron chi connectivity index (χ3n) is 5.69. The van der Waals surface area contributed by atoms with Gasteiger partial charge in [-0.05, 0) is 24.6 Å². The van der Waals surface area contributed by atoms with Crippen molar-refractivity contribution in [3.63, 3.8) is 0 Å². The van der Waals surface area contributed by atoms with Gasteiger partial charge in [-0.25, -0.2) is 4.79 Å². The summed E-state index contributed by atoms with van der Waals surface area (Å²) in [5.41, 5.74) is 2.65. The van der Waals surface area contributed by atoms with Gasteiger partial charge >= 0.3 is 12.1 Å². The molecule has 0 unspecified atom stereocenters. The maximum Gasteiger partial charge on any atom is 0.490 e. The van der Waals surface area contributed by atoms with Gasteiger partial charge in [0.05, 0.1) is 14.2 Å². The summed E-state index contributed by atoms with van der Waals surface area (Å²) in [5.74, 6) is -1.74. The van der Waals surface area contributed by atoms with Crippen LogP contribution in [0.2, 0.25) is 0 Å². The summed E-state index contributed by atoms with van der Waals surface area (Å²) in [5, 5.41) is 10.4. The number of carbonyl (C=O) groups is 3. The van der Waals surface area contributed by atoms with Gasteiger partial charge in [0.15, 0.2) is 0 Å². The van der Waals surface area contributed by atoms with Crippen LogP contribution in [-0.2, 0) is 16.1 Å². The molecule has 38 heavy (non-hydrogen) atoms. The van der Waals surface area contributed by atoms with E-state index in [0.29, 0.717) is 49.7 Å². The van der Waals surface area contributed by atoms with E-state index in [0.717, 1.165) is 24.2 Å². The molecule has 0 spiro atoms. The van der Waals surface area contributed by atoms with Crippen molar-refractivity contribution < 1.29 is 42.1 Å². The number of benzene rings is 2. The zero-order valence-electron chi connectivity index (χ0n) is 21.5. The molecule has 0 saturated carbocycles. The molecule has 1 aliphatic rings. The topological polar surface area (TPSA) is 108 Å². The summed E-state index contributed by atoms with van der Waals surface area (Å²) in [4.78, 5) is 38.6. The Kier molecular flexibility index (Phi) is 11.4. The van der Waals surface area contributed by atoms with E-state index in [1.54, 1.807) is 37.3 Å². The largest absolute Gasteiger partial charge is 0.497 e. The smallest absolute Gasteiger partial charge is 0.490 e. The highest BCUT2D eigenvalue weighted by molar-refractivity contribution is 5.95. The fraction of sp³-hybridized carbons (Fsp3) is 0.423. The Morgan fingerprint density at radius 1 is 1.00 bits per heavy atom. The Morgan fingerprint density at radius 3 is 2.00 bits per heavy atom.